The van der Waals surface area contributed by atoms with Gasteiger partial charge in [-0.1, -0.05) is 25.1 Å². The Morgan fingerprint density at radius 3 is 2.55 bits per heavy atom. The summed E-state index contributed by atoms with van der Waals surface area (Å²) < 4.78 is 18.9. The summed E-state index contributed by atoms with van der Waals surface area (Å²) in [6.45, 7) is 5.91. The standard InChI is InChI=1S/C17H20FNO/c1-3-10-19-12-14-5-8-16(9-6-14)20-17-11-15(18)7-4-13(17)2/h4-9,11,19H,3,10,12H2,1-2H3. The fourth-order valence-electron chi connectivity index (χ4n) is 1.90. The predicted molar refractivity (Wildman–Crippen MR) is 79.7 cm³/mol. The van der Waals surface area contributed by atoms with Crippen LogP contribution < -0.4 is 10.1 Å². The van der Waals surface area contributed by atoms with Crippen molar-refractivity contribution in [2.45, 2.75) is 26.8 Å². The summed E-state index contributed by atoms with van der Waals surface area (Å²) in [6, 6.07) is 12.4. The van der Waals surface area contributed by atoms with E-state index in [1.165, 1.54) is 17.7 Å². The Bertz CT molecular complexity index is 551. The van der Waals surface area contributed by atoms with Crippen LogP contribution in [0, 0.1) is 12.7 Å². The number of nitrogens with one attached hydrogen (secondary N) is 1. The fourth-order valence-corrected chi connectivity index (χ4v) is 1.90. The molecule has 0 saturated heterocycles. The molecule has 0 aromatic heterocycles. The van der Waals surface area contributed by atoms with Crippen LogP contribution in [-0.2, 0) is 6.54 Å². The van der Waals surface area contributed by atoms with Crippen LogP contribution in [0.2, 0.25) is 0 Å². The predicted octanol–water partition coefficient (Wildman–Crippen LogP) is 4.43. The lowest BCUT2D eigenvalue weighted by molar-refractivity contribution is 0.472. The average Bonchev–Trinajstić information content (AvgIpc) is 2.45. The highest BCUT2D eigenvalue weighted by atomic mass is 19.1. The summed E-state index contributed by atoms with van der Waals surface area (Å²) in [5.41, 5.74) is 2.13. The number of aryl methyl sites for hydroxylation is 1. The van der Waals surface area contributed by atoms with Gasteiger partial charge in [0.2, 0.25) is 0 Å². The Kier molecular flexibility index (Phi) is 5.13. The van der Waals surface area contributed by atoms with Crippen LogP contribution >= 0.6 is 0 Å². The van der Waals surface area contributed by atoms with Crippen molar-refractivity contribution in [2.75, 3.05) is 6.54 Å². The van der Waals surface area contributed by atoms with Crippen molar-refractivity contribution in [1.29, 1.82) is 0 Å². The molecule has 2 rings (SSSR count). The van der Waals surface area contributed by atoms with Gasteiger partial charge in [-0.25, -0.2) is 4.39 Å². The Hall–Kier alpha value is -1.87. The topological polar surface area (TPSA) is 21.3 Å². The molecule has 0 aliphatic rings. The minimum atomic E-state index is -0.286. The highest BCUT2D eigenvalue weighted by Gasteiger charge is 2.03. The molecule has 106 valence electrons. The van der Waals surface area contributed by atoms with E-state index in [9.17, 15) is 4.39 Å². The third-order valence-corrected chi connectivity index (χ3v) is 3.06. The van der Waals surface area contributed by atoms with E-state index in [1.807, 2.05) is 31.2 Å². The van der Waals surface area contributed by atoms with E-state index in [-0.39, 0.29) is 5.82 Å². The molecule has 0 amide bonds. The summed E-state index contributed by atoms with van der Waals surface area (Å²) in [4.78, 5) is 0. The number of hydrogen-bond donors (Lipinski definition) is 1. The number of ether oxygens (including phenoxy) is 1. The minimum absolute atomic E-state index is 0.286. The van der Waals surface area contributed by atoms with Gasteiger partial charge in [0.15, 0.2) is 0 Å². The van der Waals surface area contributed by atoms with Crippen LogP contribution in [0.3, 0.4) is 0 Å². The normalized spacial score (nSPS) is 10.6. The molecule has 2 aromatic carbocycles. The third-order valence-electron chi connectivity index (χ3n) is 3.06. The molecule has 2 aromatic rings. The smallest absolute Gasteiger partial charge is 0.133 e. The Morgan fingerprint density at radius 1 is 1.10 bits per heavy atom. The second-order valence-electron chi connectivity index (χ2n) is 4.83. The van der Waals surface area contributed by atoms with Crippen molar-refractivity contribution in [3.8, 4) is 11.5 Å². The van der Waals surface area contributed by atoms with Crippen LogP contribution in [0.15, 0.2) is 42.5 Å². The maximum absolute atomic E-state index is 13.2. The molecular weight excluding hydrogens is 253 g/mol. The van der Waals surface area contributed by atoms with Crippen LogP contribution in [-0.4, -0.2) is 6.54 Å². The van der Waals surface area contributed by atoms with Crippen LogP contribution in [0.25, 0.3) is 0 Å². The Labute approximate surface area is 119 Å². The zero-order valence-electron chi connectivity index (χ0n) is 11.9. The van der Waals surface area contributed by atoms with Gasteiger partial charge in [0.05, 0.1) is 0 Å². The third kappa shape index (κ3) is 4.07. The van der Waals surface area contributed by atoms with E-state index < -0.39 is 0 Å². The monoisotopic (exact) mass is 273 g/mol. The molecule has 1 N–H and O–H groups in total. The van der Waals surface area contributed by atoms with Gasteiger partial charge < -0.3 is 10.1 Å². The average molecular weight is 273 g/mol. The van der Waals surface area contributed by atoms with E-state index in [0.29, 0.717) is 5.75 Å². The summed E-state index contributed by atoms with van der Waals surface area (Å²) in [5.74, 6) is 0.991. The molecule has 0 fully saturated rings. The summed E-state index contributed by atoms with van der Waals surface area (Å²) in [6.07, 6.45) is 1.13. The molecule has 20 heavy (non-hydrogen) atoms. The molecule has 0 radical (unpaired) electrons. The van der Waals surface area contributed by atoms with E-state index in [0.717, 1.165) is 30.8 Å². The van der Waals surface area contributed by atoms with E-state index in [2.05, 4.69) is 12.2 Å². The quantitative estimate of drug-likeness (QED) is 0.786. The van der Waals surface area contributed by atoms with Crippen LogP contribution in [0.5, 0.6) is 11.5 Å². The van der Waals surface area contributed by atoms with Gasteiger partial charge in [-0.3, -0.25) is 0 Å². The van der Waals surface area contributed by atoms with Crippen molar-refractivity contribution in [3.63, 3.8) is 0 Å². The number of benzene rings is 2. The molecule has 0 atom stereocenters. The molecule has 0 aliphatic carbocycles. The number of rotatable bonds is 6. The molecule has 0 aliphatic heterocycles. The molecule has 0 bridgehead atoms. The Morgan fingerprint density at radius 2 is 1.85 bits per heavy atom. The summed E-state index contributed by atoms with van der Waals surface area (Å²) in [5, 5.41) is 3.35. The van der Waals surface area contributed by atoms with Gasteiger partial charge in [-0.15, -0.1) is 0 Å². The van der Waals surface area contributed by atoms with Gasteiger partial charge in [0.1, 0.15) is 17.3 Å². The van der Waals surface area contributed by atoms with E-state index >= 15 is 0 Å². The lowest BCUT2D eigenvalue weighted by atomic mass is 10.2. The van der Waals surface area contributed by atoms with Crippen molar-refractivity contribution < 1.29 is 9.13 Å². The zero-order chi connectivity index (χ0) is 14.4. The molecular formula is C17H20FNO. The van der Waals surface area contributed by atoms with Crippen molar-refractivity contribution in [3.05, 3.63) is 59.4 Å². The van der Waals surface area contributed by atoms with Gasteiger partial charge in [-0.05, 0) is 49.2 Å². The van der Waals surface area contributed by atoms with Crippen molar-refractivity contribution >= 4 is 0 Å². The van der Waals surface area contributed by atoms with Gasteiger partial charge >= 0.3 is 0 Å². The van der Waals surface area contributed by atoms with Crippen molar-refractivity contribution in [1.82, 2.24) is 5.32 Å². The maximum Gasteiger partial charge on any atom is 0.133 e. The summed E-state index contributed by atoms with van der Waals surface area (Å²) in [7, 11) is 0. The second kappa shape index (κ2) is 7.06. The molecule has 2 nitrogen and oxygen atoms in total. The molecule has 0 heterocycles. The van der Waals surface area contributed by atoms with E-state index in [4.69, 9.17) is 4.74 Å². The Balaban J connectivity index is 2.01. The first-order chi connectivity index (χ1) is 9.69. The van der Waals surface area contributed by atoms with Gasteiger partial charge in [-0.2, -0.15) is 0 Å². The molecule has 0 saturated carbocycles. The lowest BCUT2D eigenvalue weighted by Gasteiger charge is -2.09. The summed E-state index contributed by atoms with van der Waals surface area (Å²) >= 11 is 0. The molecule has 0 spiro atoms. The maximum atomic E-state index is 13.2. The minimum Gasteiger partial charge on any atom is -0.457 e. The van der Waals surface area contributed by atoms with E-state index in [1.54, 1.807) is 6.07 Å². The SMILES string of the molecule is CCCNCc1ccc(Oc2cc(F)ccc2C)cc1. The van der Waals surface area contributed by atoms with Crippen LogP contribution in [0.4, 0.5) is 4.39 Å². The van der Waals surface area contributed by atoms with Crippen molar-refractivity contribution in [2.24, 2.45) is 0 Å². The first kappa shape index (κ1) is 14.5. The number of hydrogen-bond acceptors (Lipinski definition) is 2. The first-order valence-corrected chi connectivity index (χ1v) is 6.92. The van der Waals surface area contributed by atoms with Gasteiger partial charge in [0.25, 0.3) is 0 Å². The van der Waals surface area contributed by atoms with Crippen LogP contribution in [0.1, 0.15) is 24.5 Å². The zero-order valence-corrected chi connectivity index (χ0v) is 11.9. The first-order valence-electron chi connectivity index (χ1n) is 6.92. The molecule has 3 heteroatoms. The lowest BCUT2D eigenvalue weighted by Crippen LogP contribution is -2.13. The highest BCUT2D eigenvalue weighted by Crippen LogP contribution is 2.25. The van der Waals surface area contributed by atoms with Gasteiger partial charge in [0, 0.05) is 12.6 Å². The molecule has 0 unspecified atom stereocenters. The largest absolute Gasteiger partial charge is 0.457 e. The second-order valence-corrected chi connectivity index (χ2v) is 4.83. The number of halogens is 1. The highest BCUT2D eigenvalue weighted by molar-refractivity contribution is 5.38. The fraction of sp³-hybridized carbons (Fsp3) is 0.294.